The van der Waals surface area contributed by atoms with Crippen molar-refractivity contribution >= 4 is 17.7 Å². The van der Waals surface area contributed by atoms with Crippen LogP contribution in [-0.2, 0) is 9.53 Å². The van der Waals surface area contributed by atoms with Crippen molar-refractivity contribution in [1.29, 1.82) is 0 Å². The summed E-state index contributed by atoms with van der Waals surface area (Å²) in [7, 11) is 0. The van der Waals surface area contributed by atoms with Crippen LogP contribution < -0.4 is 5.32 Å². The minimum absolute atomic E-state index is 0.229. The Morgan fingerprint density at radius 2 is 1.78 bits per heavy atom. The molecule has 2 aromatic rings. The molecular weight excluding hydrogens is 344 g/mol. The molecular formula is C21H24N2O4. The quantitative estimate of drug-likeness (QED) is 0.602. The van der Waals surface area contributed by atoms with Gasteiger partial charge in [0.25, 0.3) is 5.91 Å². The molecule has 0 bridgehead atoms. The summed E-state index contributed by atoms with van der Waals surface area (Å²) in [6, 6.07) is 9.37. The summed E-state index contributed by atoms with van der Waals surface area (Å²) in [4.78, 5) is 36.2. The van der Waals surface area contributed by atoms with Crippen LogP contribution in [0.3, 0.4) is 0 Å². The van der Waals surface area contributed by atoms with Crippen LogP contribution in [0.5, 0.6) is 0 Å². The van der Waals surface area contributed by atoms with Crippen molar-refractivity contribution in [3.05, 3.63) is 58.4 Å². The van der Waals surface area contributed by atoms with Crippen molar-refractivity contribution in [1.82, 2.24) is 9.88 Å². The minimum Gasteiger partial charge on any atom is -0.456 e. The summed E-state index contributed by atoms with van der Waals surface area (Å²) in [6.45, 7) is 5.23. The number of aryl methyl sites for hydroxylation is 2. The summed E-state index contributed by atoms with van der Waals surface area (Å²) in [5.41, 5.74) is 4.08. The van der Waals surface area contributed by atoms with E-state index in [-0.39, 0.29) is 24.8 Å². The molecule has 1 fully saturated rings. The zero-order valence-electron chi connectivity index (χ0n) is 15.9. The van der Waals surface area contributed by atoms with Crippen molar-refractivity contribution in [2.75, 3.05) is 13.2 Å². The van der Waals surface area contributed by atoms with Gasteiger partial charge in [0, 0.05) is 28.6 Å². The molecule has 27 heavy (non-hydrogen) atoms. The monoisotopic (exact) mass is 368 g/mol. The number of aromatic nitrogens is 1. The molecule has 1 aromatic heterocycles. The second-order valence-electron chi connectivity index (χ2n) is 7.02. The maximum Gasteiger partial charge on any atom is 0.325 e. The topological polar surface area (TPSA) is 77.4 Å². The maximum absolute atomic E-state index is 12.4. The Bertz CT molecular complexity index is 876. The molecule has 3 rings (SSSR count). The van der Waals surface area contributed by atoms with Crippen LogP contribution in [-0.4, -0.2) is 35.4 Å². The number of nitrogens with one attached hydrogen (secondary N) is 1. The van der Waals surface area contributed by atoms with Crippen molar-refractivity contribution in [2.45, 2.75) is 39.7 Å². The number of hydrogen-bond acceptors (Lipinski definition) is 4. The molecule has 0 spiro atoms. The highest BCUT2D eigenvalue weighted by Gasteiger charge is 2.28. The molecule has 142 valence electrons. The average molecular weight is 368 g/mol. The number of esters is 1. The lowest BCUT2D eigenvalue weighted by Gasteiger charge is -2.08. The van der Waals surface area contributed by atoms with Gasteiger partial charge in [0.05, 0.1) is 0 Å². The van der Waals surface area contributed by atoms with Gasteiger partial charge in [-0.1, -0.05) is 17.7 Å². The second-order valence-corrected chi connectivity index (χ2v) is 7.02. The number of Topliss-reactive ketones (excluding diaryl/α,β-unsaturated/α-hetero) is 1. The Balaban J connectivity index is 1.49. The lowest BCUT2D eigenvalue weighted by molar-refractivity contribution is -0.141. The molecule has 1 N–H and O–H groups in total. The number of carbonyl (C=O) groups excluding carboxylic acids is 3. The molecule has 1 aliphatic carbocycles. The fraction of sp³-hybridized carbons (Fsp3) is 0.381. The van der Waals surface area contributed by atoms with Crippen molar-refractivity contribution in [2.24, 2.45) is 0 Å². The van der Waals surface area contributed by atoms with E-state index in [1.54, 1.807) is 12.1 Å². The predicted octanol–water partition coefficient (Wildman–Crippen LogP) is 2.90. The zero-order valence-corrected chi connectivity index (χ0v) is 15.9. The zero-order chi connectivity index (χ0) is 19.6. The Kier molecular flexibility index (Phi) is 5.44. The van der Waals surface area contributed by atoms with Gasteiger partial charge in [0.15, 0.2) is 6.61 Å². The summed E-state index contributed by atoms with van der Waals surface area (Å²) in [5.74, 6) is -1.22. The first kappa shape index (κ1) is 18.9. The molecule has 1 saturated carbocycles. The second kappa shape index (κ2) is 7.78. The summed E-state index contributed by atoms with van der Waals surface area (Å²) in [6.07, 6.45) is 2.28. The maximum atomic E-state index is 12.4. The predicted molar refractivity (Wildman–Crippen MR) is 101 cm³/mol. The van der Waals surface area contributed by atoms with Gasteiger partial charge < -0.3 is 14.6 Å². The SMILES string of the molecule is Cc1ccc(C(=O)NCC(=O)OCC(=O)c2cc(C)n(C3CC3)c2C)cc1. The molecule has 6 heteroatoms. The Labute approximate surface area is 158 Å². The first-order chi connectivity index (χ1) is 12.9. The Morgan fingerprint density at radius 1 is 1.11 bits per heavy atom. The van der Waals surface area contributed by atoms with Gasteiger partial charge in [-0.3, -0.25) is 14.4 Å². The lowest BCUT2D eigenvalue weighted by Crippen LogP contribution is -2.31. The van der Waals surface area contributed by atoms with E-state index >= 15 is 0 Å². The average Bonchev–Trinajstić information content (AvgIpc) is 3.43. The highest BCUT2D eigenvalue weighted by atomic mass is 16.5. The number of ketones is 1. The Morgan fingerprint density at radius 3 is 2.41 bits per heavy atom. The standard InChI is InChI=1S/C21H24N2O4/c1-13-4-6-16(7-5-13)21(26)22-11-20(25)27-12-19(24)18-10-14(2)23(15(18)3)17-8-9-17/h4-7,10,17H,8-9,11-12H2,1-3H3,(H,22,26). The van der Waals surface area contributed by atoms with Crippen molar-refractivity contribution in [3.8, 4) is 0 Å². The number of hydrogen-bond donors (Lipinski definition) is 1. The van der Waals surface area contributed by atoms with E-state index in [2.05, 4.69) is 9.88 Å². The van der Waals surface area contributed by atoms with Crippen LogP contribution in [0.2, 0.25) is 0 Å². The molecule has 0 atom stereocenters. The normalized spacial score (nSPS) is 13.3. The van der Waals surface area contributed by atoms with E-state index in [1.807, 2.05) is 39.0 Å². The van der Waals surface area contributed by atoms with E-state index in [1.165, 1.54) is 0 Å². The van der Waals surface area contributed by atoms with Crippen LogP contribution in [0.1, 0.15) is 56.6 Å². The molecule has 1 aromatic carbocycles. The summed E-state index contributed by atoms with van der Waals surface area (Å²) < 4.78 is 7.21. The van der Waals surface area contributed by atoms with E-state index in [0.29, 0.717) is 17.2 Å². The number of nitrogens with zero attached hydrogens (tertiary/aromatic N) is 1. The Hall–Kier alpha value is -2.89. The van der Waals surface area contributed by atoms with Gasteiger partial charge in [-0.05, 0) is 51.8 Å². The molecule has 0 saturated heterocycles. The fourth-order valence-corrected chi connectivity index (χ4v) is 3.19. The van der Waals surface area contributed by atoms with Crippen LogP contribution in [0.25, 0.3) is 0 Å². The first-order valence-electron chi connectivity index (χ1n) is 9.09. The van der Waals surface area contributed by atoms with Crippen LogP contribution >= 0.6 is 0 Å². The van der Waals surface area contributed by atoms with E-state index in [9.17, 15) is 14.4 Å². The first-order valence-corrected chi connectivity index (χ1v) is 9.09. The van der Waals surface area contributed by atoms with Gasteiger partial charge in [0.2, 0.25) is 5.78 Å². The number of benzene rings is 1. The fourth-order valence-electron chi connectivity index (χ4n) is 3.19. The van der Waals surface area contributed by atoms with Crippen molar-refractivity contribution in [3.63, 3.8) is 0 Å². The van der Waals surface area contributed by atoms with Gasteiger partial charge in [-0.25, -0.2) is 0 Å². The molecule has 6 nitrogen and oxygen atoms in total. The third-order valence-electron chi connectivity index (χ3n) is 4.77. The molecule has 1 aliphatic rings. The largest absolute Gasteiger partial charge is 0.456 e. The van der Waals surface area contributed by atoms with Gasteiger partial charge in [-0.15, -0.1) is 0 Å². The molecule has 1 amide bonds. The van der Waals surface area contributed by atoms with Gasteiger partial charge in [-0.2, -0.15) is 0 Å². The van der Waals surface area contributed by atoms with E-state index < -0.39 is 5.97 Å². The summed E-state index contributed by atoms with van der Waals surface area (Å²) in [5, 5.41) is 2.50. The number of amides is 1. The van der Waals surface area contributed by atoms with Gasteiger partial charge in [0.1, 0.15) is 6.54 Å². The van der Waals surface area contributed by atoms with Crippen LogP contribution in [0.4, 0.5) is 0 Å². The number of carbonyl (C=O) groups is 3. The number of rotatable bonds is 7. The molecule has 1 heterocycles. The molecule has 0 radical (unpaired) electrons. The third-order valence-corrected chi connectivity index (χ3v) is 4.77. The molecule has 0 aliphatic heterocycles. The van der Waals surface area contributed by atoms with E-state index in [0.717, 1.165) is 29.8 Å². The summed E-state index contributed by atoms with van der Waals surface area (Å²) >= 11 is 0. The van der Waals surface area contributed by atoms with E-state index in [4.69, 9.17) is 4.74 Å². The minimum atomic E-state index is -0.639. The lowest BCUT2D eigenvalue weighted by atomic mass is 10.1. The van der Waals surface area contributed by atoms with Crippen LogP contribution in [0.15, 0.2) is 30.3 Å². The highest BCUT2D eigenvalue weighted by Crippen LogP contribution is 2.38. The molecule has 0 unspecified atom stereocenters. The van der Waals surface area contributed by atoms with Gasteiger partial charge >= 0.3 is 5.97 Å². The third kappa shape index (κ3) is 4.45. The smallest absolute Gasteiger partial charge is 0.325 e. The number of ether oxygens (including phenoxy) is 1. The van der Waals surface area contributed by atoms with Crippen molar-refractivity contribution < 1.29 is 19.1 Å². The van der Waals surface area contributed by atoms with Crippen LogP contribution in [0, 0.1) is 20.8 Å². The highest BCUT2D eigenvalue weighted by molar-refractivity contribution is 6.00.